The van der Waals surface area contributed by atoms with Crippen molar-refractivity contribution in [2.24, 2.45) is 0 Å². The summed E-state index contributed by atoms with van der Waals surface area (Å²) in [5, 5.41) is 3.32. The van der Waals surface area contributed by atoms with E-state index in [0.717, 1.165) is 15.9 Å². The summed E-state index contributed by atoms with van der Waals surface area (Å²) in [5.74, 6) is 0. The molecular formula is C12H12BrN3. The first-order valence-electron chi connectivity index (χ1n) is 5.00. The van der Waals surface area contributed by atoms with Gasteiger partial charge in [-0.25, -0.2) is 9.97 Å². The van der Waals surface area contributed by atoms with Crippen molar-refractivity contribution in [1.29, 1.82) is 0 Å². The van der Waals surface area contributed by atoms with Crippen LogP contribution in [0.1, 0.15) is 11.3 Å². The standard InChI is InChI=1S/C12H12BrN3/c1-9-6-10(2-3-12(9)13)15-7-11-4-5-14-8-16-11/h2-6,8,15H,7H2,1H3. The van der Waals surface area contributed by atoms with Gasteiger partial charge in [0.05, 0.1) is 12.2 Å². The average molecular weight is 278 g/mol. The van der Waals surface area contributed by atoms with Crippen molar-refractivity contribution in [3.63, 3.8) is 0 Å². The van der Waals surface area contributed by atoms with Gasteiger partial charge >= 0.3 is 0 Å². The minimum atomic E-state index is 0.712. The molecule has 0 bridgehead atoms. The summed E-state index contributed by atoms with van der Waals surface area (Å²) in [7, 11) is 0. The van der Waals surface area contributed by atoms with E-state index in [0.29, 0.717) is 6.54 Å². The summed E-state index contributed by atoms with van der Waals surface area (Å²) in [6, 6.07) is 8.08. The van der Waals surface area contributed by atoms with Crippen molar-refractivity contribution in [3.05, 3.63) is 52.5 Å². The van der Waals surface area contributed by atoms with E-state index >= 15 is 0 Å². The third-order valence-corrected chi connectivity index (χ3v) is 3.16. The predicted molar refractivity (Wildman–Crippen MR) is 68.2 cm³/mol. The monoisotopic (exact) mass is 277 g/mol. The molecule has 3 nitrogen and oxygen atoms in total. The number of hydrogen-bond acceptors (Lipinski definition) is 3. The second-order valence-corrected chi connectivity index (χ2v) is 4.37. The quantitative estimate of drug-likeness (QED) is 0.937. The van der Waals surface area contributed by atoms with Crippen molar-refractivity contribution >= 4 is 21.6 Å². The number of nitrogens with one attached hydrogen (secondary N) is 1. The molecule has 0 saturated heterocycles. The van der Waals surface area contributed by atoms with E-state index in [2.05, 4.69) is 44.2 Å². The van der Waals surface area contributed by atoms with Gasteiger partial charge < -0.3 is 5.32 Å². The van der Waals surface area contributed by atoms with E-state index in [1.807, 2.05) is 18.2 Å². The van der Waals surface area contributed by atoms with Crippen molar-refractivity contribution in [2.45, 2.75) is 13.5 Å². The fourth-order valence-electron chi connectivity index (χ4n) is 1.37. The Bertz CT molecular complexity index is 471. The fourth-order valence-corrected chi connectivity index (χ4v) is 1.62. The average Bonchev–Trinajstić information content (AvgIpc) is 2.32. The molecule has 0 aliphatic heterocycles. The second-order valence-electron chi connectivity index (χ2n) is 3.52. The Kier molecular flexibility index (Phi) is 3.51. The van der Waals surface area contributed by atoms with Crippen LogP contribution >= 0.6 is 15.9 Å². The van der Waals surface area contributed by atoms with Crippen LogP contribution in [0.4, 0.5) is 5.69 Å². The Balaban J connectivity index is 2.03. The van der Waals surface area contributed by atoms with Crippen LogP contribution in [-0.2, 0) is 6.54 Å². The van der Waals surface area contributed by atoms with Gasteiger partial charge in [-0.2, -0.15) is 0 Å². The SMILES string of the molecule is Cc1cc(NCc2ccncn2)ccc1Br. The molecular weight excluding hydrogens is 266 g/mol. The van der Waals surface area contributed by atoms with E-state index in [9.17, 15) is 0 Å². The highest BCUT2D eigenvalue weighted by Crippen LogP contribution is 2.20. The normalized spacial score (nSPS) is 10.1. The molecule has 0 radical (unpaired) electrons. The molecule has 0 atom stereocenters. The number of benzene rings is 1. The largest absolute Gasteiger partial charge is 0.379 e. The minimum Gasteiger partial charge on any atom is -0.379 e. The molecule has 0 spiro atoms. The number of hydrogen-bond donors (Lipinski definition) is 1. The summed E-state index contributed by atoms with van der Waals surface area (Å²) >= 11 is 3.48. The Morgan fingerprint density at radius 1 is 1.31 bits per heavy atom. The highest BCUT2D eigenvalue weighted by molar-refractivity contribution is 9.10. The lowest BCUT2D eigenvalue weighted by Gasteiger charge is -2.07. The van der Waals surface area contributed by atoms with E-state index in [-0.39, 0.29) is 0 Å². The molecule has 2 rings (SSSR count). The summed E-state index contributed by atoms with van der Waals surface area (Å²) in [6.45, 7) is 2.78. The molecule has 2 aromatic rings. The molecule has 1 aromatic heterocycles. The third kappa shape index (κ3) is 2.79. The van der Waals surface area contributed by atoms with Gasteiger partial charge in [0.1, 0.15) is 6.33 Å². The summed E-state index contributed by atoms with van der Waals surface area (Å²) in [4.78, 5) is 8.03. The van der Waals surface area contributed by atoms with E-state index in [4.69, 9.17) is 0 Å². The topological polar surface area (TPSA) is 37.8 Å². The number of aryl methyl sites for hydroxylation is 1. The molecule has 1 N–H and O–H groups in total. The molecule has 0 saturated carbocycles. The number of rotatable bonds is 3. The minimum absolute atomic E-state index is 0.712. The lowest BCUT2D eigenvalue weighted by molar-refractivity contribution is 1.01. The maximum absolute atomic E-state index is 4.15. The lowest BCUT2D eigenvalue weighted by atomic mass is 10.2. The van der Waals surface area contributed by atoms with E-state index < -0.39 is 0 Å². The Labute approximate surface area is 103 Å². The number of nitrogens with zero attached hydrogens (tertiary/aromatic N) is 2. The number of aromatic nitrogens is 2. The summed E-state index contributed by atoms with van der Waals surface area (Å²) < 4.78 is 1.13. The first-order chi connectivity index (χ1) is 7.75. The van der Waals surface area contributed by atoms with Crippen LogP contribution in [0.2, 0.25) is 0 Å². The first kappa shape index (κ1) is 11.1. The number of anilines is 1. The molecule has 4 heteroatoms. The lowest BCUT2D eigenvalue weighted by Crippen LogP contribution is -2.01. The molecule has 0 aliphatic carbocycles. The Hall–Kier alpha value is -1.42. The van der Waals surface area contributed by atoms with Gasteiger partial charge in [-0.1, -0.05) is 15.9 Å². The molecule has 0 fully saturated rings. The van der Waals surface area contributed by atoms with Crippen LogP contribution in [0, 0.1) is 6.92 Å². The highest BCUT2D eigenvalue weighted by Gasteiger charge is 1.97. The molecule has 1 aromatic carbocycles. The van der Waals surface area contributed by atoms with Crippen LogP contribution in [0.3, 0.4) is 0 Å². The maximum Gasteiger partial charge on any atom is 0.115 e. The Morgan fingerprint density at radius 2 is 2.19 bits per heavy atom. The van der Waals surface area contributed by atoms with Crippen molar-refractivity contribution in [2.75, 3.05) is 5.32 Å². The van der Waals surface area contributed by atoms with Crippen LogP contribution in [0.25, 0.3) is 0 Å². The highest BCUT2D eigenvalue weighted by atomic mass is 79.9. The fraction of sp³-hybridized carbons (Fsp3) is 0.167. The summed E-state index contributed by atoms with van der Waals surface area (Å²) in [6.07, 6.45) is 3.31. The molecule has 0 unspecified atom stereocenters. The van der Waals surface area contributed by atoms with Crippen LogP contribution in [0.5, 0.6) is 0 Å². The Morgan fingerprint density at radius 3 is 2.88 bits per heavy atom. The maximum atomic E-state index is 4.15. The zero-order valence-corrected chi connectivity index (χ0v) is 10.5. The van der Waals surface area contributed by atoms with Crippen LogP contribution in [-0.4, -0.2) is 9.97 Å². The molecule has 1 heterocycles. The first-order valence-corrected chi connectivity index (χ1v) is 5.80. The van der Waals surface area contributed by atoms with Gasteiger partial charge in [-0.3, -0.25) is 0 Å². The smallest absolute Gasteiger partial charge is 0.115 e. The number of halogens is 1. The third-order valence-electron chi connectivity index (χ3n) is 2.27. The van der Waals surface area contributed by atoms with Gasteiger partial charge in [-0.15, -0.1) is 0 Å². The molecule has 82 valence electrons. The molecule has 16 heavy (non-hydrogen) atoms. The zero-order valence-electron chi connectivity index (χ0n) is 8.94. The zero-order chi connectivity index (χ0) is 11.4. The molecule has 0 aliphatic rings. The van der Waals surface area contributed by atoms with E-state index in [1.54, 1.807) is 12.5 Å². The van der Waals surface area contributed by atoms with Gasteiger partial charge in [0, 0.05) is 16.4 Å². The van der Waals surface area contributed by atoms with Crippen molar-refractivity contribution < 1.29 is 0 Å². The van der Waals surface area contributed by atoms with Gasteiger partial charge in [0.25, 0.3) is 0 Å². The summed E-state index contributed by atoms with van der Waals surface area (Å²) in [5.41, 5.74) is 3.29. The van der Waals surface area contributed by atoms with Crippen molar-refractivity contribution in [1.82, 2.24) is 9.97 Å². The molecule has 0 amide bonds. The van der Waals surface area contributed by atoms with Crippen LogP contribution in [0.15, 0.2) is 41.3 Å². The van der Waals surface area contributed by atoms with Gasteiger partial charge in [-0.05, 0) is 36.8 Å². The second kappa shape index (κ2) is 5.07. The van der Waals surface area contributed by atoms with Crippen molar-refractivity contribution in [3.8, 4) is 0 Å². The van der Waals surface area contributed by atoms with Gasteiger partial charge in [0.15, 0.2) is 0 Å². The van der Waals surface area contributed by atoms with Gasteiger partial charge in [0.2, 0.25) is 0 Å². The van der Waals surface area contributed by atoms with Crippen LogP contribution < -0.4 is 5.32 Å². The van der Waals surface area contributed by atoms with E-state index in [1.165, 1.54) is 5.56 Å². The predicted octanol–water partition coefficient (Wildman–Crippen LogP) is 3.16.